The average Bonchev–Trinajstić information content (AvgIpc) is 3.07. The number of aromatic amines is 1. The number of nitrogens with two attached hydrogens (primary N) is 1. The molecule has 4 aromatic rings. The van der Waals surface area contributed by atoms with Crippen molar-refractivity contribution in [2.75, 3.05) is 14.2 Å². The number of methoxy groups -OCH3 is 2. The van der Waals surface area contributed by atoms with Gasteiger partial charge in [-0.2, -0.15) is 0 Å². The first-order valence-corrected chi connectivity index (χ1v) is 9.05. The molecule has 0 saturated carbocycles. The van der Waals surface area contributed by atoms with Gasteiger partial charge in [-0.05, 0) is 25.1 Å². The van der Waals surface area contributed by atoms with Crippen LogP contribution in [0.2, 0.25) is 0 Å². The number of nitrogens with zero attached hydrogens (tertiary/aromatic N) is 3. The van der Waals surface area contributed by atoms with Gasteiger partial charge in [0.25, 0.3) is 5.91 Å². The maximum absolute atomic E-state index is 12.9. The molecule has 0 bridgehead atoms. The van der Waals surface area contributed by atoms with Crippen molar-refractivity contribution in [3.8, 4) is 28.6 Å². The number of hydrogen-bond acceptors (Lipinski definition) is 6. The summed E-state index contributed by atoms with van der Waals surface area (Å²) in [6.45, 7) is 1.93. The Morgan fingerprint density at radius 3 is 2.53 bits per heavy atom. The van der Waals surface area contributed by atoms with Crippen LogP contribution in [0, 0.1) is 6.92 Å². The number of imidazole rings is 1. The van der Waals surface area contributed by atoms with E-state index in [-0.39, 0.29) is 22.7 Å². The number of fused-ring (bicyclic) bond motifs is 1. The number of carbonyl (C=O) groups is 1. The molecule has 2 aromatic heterocycles. The largest absolute Gasteiger partial charge is 0.493 e. The molecule has 4 rings (SSSR count). The van der Waals surface area contributed by atoms with Crippen LogP contribution in [0.5, 0.6) is 11.5 Å². The molecular formula is C21H19N5O4. The quantitative estimate of drug-likeness (QED) is 0.524. The third kappa shape index (κ3) is 3.06. The molecule has 3 N–H and O–H groups in total. The van der Waals surface area contributed by atoms with Crippen molar-refractivity contribution in [2.45, 2.75) is 6.92 Å². The van der Waals surface area contributed by atoms with Gasteiger partial charge in [-0.1, -0.05) is 29.8 Å². The van der Waals surface area contributed by atoms with Crippen LogP contribution in [-0.4, -0.2) is 39.6 Å². The number of aromatic nitrogens is 4. The monoisotopic (exact) mass is 405 g/mol. The molecule has 2 aromatic carbocycles. The maximum Gasteiger partial charge on any atom is 0.332 e. The molecule has 0 fully saturated rings. The molecule has 0 unspecified atom stereocenters. The number of hydrogen-bond donors (Lipinski definition) is 2. The fraction of sp³-hybridized carbons (Fsp3) is 0.143. The van der Waals surface area contributed by atoms with Crippen molar-refractivity contribution >= 4 is 17.1 Å². The molecule has 9 heteroatoms. The molecule has 0 aliphatic carbocycles. The summed E-state index contributed by atoms with van der Waals surface area (Å²) < 4.78 is 12.1. The predicted molar refractivity (Wildman–Crippen MR) is 111 cm³/mol. The van der Waals surface area contributed by atoms with Crippen LogP contribution in [0.25, 0.3) is 28.2 Å². The second-order valence-corrected chi connectivity index (χ2v) is 6.61. The smallest absolute Gasteiger partial charge is 0.332 e. The van der Waals surface area contributed by atoms with Crippen molar-refractivity contribution in [1.29, 1.82) is 0 Å². The minimum Gasteiger partial charge on any atom is -0.493 e. The Morgan fingerprint density at radius 1 is 1.10 bits per heavy atom. The fourth-order valence-corrected chi connectivity index (χ4v) is 3.35. The van der Waals surface area contributed by atoms with E-state index in [0.717, 1.165) is 5.56 Å². The van der Waals surface area contributed by atoms with Crippen LogP contribution in [0.15, 0.2) is 47.3 Å². The number of aryl methyl sites for hydroxylation is 1. The van der Waals surface area contributed by atoms with Crippen molar-refractivity contribution in [3.05, 3.63) is 64.2 Å². The van der Waals surface area contributed by atoms with Gasteiger partial charge in [0.15, 0.2) is 28.7 Å². The standard InChI is InChI=1S/C21H19N5O4/c1-11-6-4-7-12(10-11)19-23-15(18(22)27)16-20(25-19)26(21(28)24-16)13-8-5-9-14(29-2)17(13)30-3/h4-10H,1-3H3,(H2,22,27)(H,24,28). The number of H-pyrrole nitrogens is 1. The zero-order chi connectivity index (χ0) is 21.4. The van der Waals surface area contributed by atoms with Crippen LogP contribution in [0.1, 0.15) is 16.1 Å². The van der Waals surface area contributed by atoms with Crippen molar-refractivity contribution in [1.82, 2.24) is 19.5 Å². The van der Waals surface area contributed by atoms with Gasteiger partial charge in [-0.15, -0.1) is 0 Å². The lowest BCUT2D eigenvalue weighted by molar-refractivity contribution is 0.0997. The Labute approximate surface area is 171 Å². The summed E-state index contributed by atoms with van der Waals surface area (Å²) in [5, 5.41) is 0. The van der Waals surface area contributed by atoms with E-state index in [4.69, 9.17) is 15.2 Å². The number of ether oxygens (including phenoxy) is 2. The van der Waals surface area contributed by atoms with Crippen molar-refractivity contribution < 1.29 is 14.3 Å². The Morgan fingerprint density at radius 2 is 1.87 bits per heavy atom. The highest BCUT2D eigenvalue weighted by atomic mass is 16.5. The van der Waals surface area contributed by atoms with Crippen molar-refractivity contribution in [3.63, 3.8) is 0 Å². The first kappa shape index (κ1) is 19.2. The summed E-state index contributed by atoms with van der Waals surface area (Å²) in [5.74, 6) is 0.288. The number of primary amides is 1. The van der Waals surface area contributed by atoms with Crippen LogP contribution in [-0.2, 0) is 0 Å². The third-order valence-electron chi connectivity index (χ3n) is 4.67. The van der Waals surface area contributed by atoms with Gasteiger partial charge in [-0.3, -0.25) is 4.79 Å². The van der Waals surface area contributed by atoms with E-state index in [1.54, 1.807) is 18.2 Å². The molecule has 0 spiro atoms. The van der Waals surface area contributed by atoms with Gasteiger partial charge in [0.1, 0.15) is 5.52 Å². The average molecular weight is 405 g/mol. The Kier molecular flexibility index (Phi) is 4.71. The molecule has 9 nitrogen and oxygen atoms in total. The van der Waals surface area contributed by atoms with Gasteiger partial charge in [-0.25, -0.2) is 19.3 Å². The molecule has 0 radical (unpaired) electrons. The molecule has 2 heterocycles. The molecule has 0 atom stereocenters. The Bertz CT molecular complexity index is 1340. The first-order chi connectivity index (χ1) is 14.4. The van der Waals surface area contributed by atoms with E-state index in [1.807, 2.05) is 31.2 Å². The minimum absolute atomic E-state index is 0.0748. The highest BCUT2D eigenvalue weighted by molar-refractivity contribution is 6.02. The molecule has 1 amide bonds. The normalized spacial score (nSPS) is 10.9. The van der Waals surface area contributed by atoms with Gasteiger partial charge in [0.2, 0.25) is 0 Å². The molecular weight excluding hydrogens is 386 g/mol. The fourth-order valence-electron chi connectivity index (χ4n) is 3.35. The van der Waals surface area contributed by atoms with Gasteiger partial charge in [0.05, 0.1) is 19.9 Å². The second kappa shape index (κ2) is 7.36. The number of para-hydroxylation sites is 1. The molecule has 0 aliphatic heterocycles. The van der Waals surface area contributed by atoms with E-state index in [2.05, 4.69) is 15.0 Å². The predicted octanol–water partition coefficient (Wildman–Crippen LogP) is 2.20. The van der Waals surface area contributed by atoms with Crippen LogP contribution in [0.3, 0.4) is 0 Å². The van der Waals surface area contributed by atoms with E-state index in [0.29, 0.717) is 22.7 Å². The molecule has 152 valence electrons. The Balaban J connectivity index is 2.09. The number of carbonyl (C=O) groups excluding carboxylic acids is 1. The highest BCUT2D eigenvalue weighted by Crippen LogP contribution is 2.34. The summed E-state index contributed by atoms with van der Waals surface area (Å²) in [6, 6.07) is 12.6. The first-order valence-electron chi connectivity index (χ1n) is 9.05. The highest BCUT2D eigenvalue weighted by Gasteiger charge is 2.22. The van der Waals surface area contributed by atoms with Crippen LogP contribution < -0.4 is 20.9 Å². The Hall–Kier alpha value is -4.14. The topological polar surface area (TPSA) is 125 Å². The minimum atomic E-state index is -0.776. The van der Waals surface area contributed by atoms with E-state index in [9.17, 15) is 9.59 Å². The second-order valence-electron chi connectivity index (χ2n) is 6.61. The lowest BCUT2D eigenvalue weighted by Crippen LogP contribution is -2.16. The lowest BCUT2D eigenvalue weighted by atomic mass is 10.1. The SMILES string of the molecule is COc1cccc(-n2c(=O)[nH]c3c(C(N)=O)nc(-c4cccc(C)c4)nc32)c1OC. The van der Waals surface area contributed by atoms with Crippen molar-refractivity contribution in [2.24, 2.45) is 5.73 Å². The molecule has 0 aliphatic rings. The van der Waals surface area contributed by atoms with E-state index < -0.39 is 11.6 Å². The van der Waals surface area contributed by atoms with E-state index >= 15 is 0 Å². The molecule has 30 heavy (non-hydrogen) atoms. The van der Waals surface area contributed by atoms with Gasteiger partial charge in [0, 0.05) is 5.56 Å². The zero-order valence-corrected chi connectivity index (χ0v) is 16.6. The summed E-state index contributed by atoms with van der Waals surface area (Å²) >= 11 is 0. The van der Waals surface area contributed by atoms with Gasteiger partial charge < -0.3 is 20.2 Å². The van der Waals surface area contributed by atoms with Crippen LogP contribution >= 0.6 is 0 Å². The summed E-state index contributed by atoms with van der Waals surface area (Å²) in [6.07, 6.45) is 0. The number of nitrogens with one attached hydrogen (secondary N) is 1. The number of amides is 1. The van der Waals surface area contributed by atoms with Crippen LogP contribution in [0.4, 0.5) is 0 Å². The van der Waals surface area contributed by atoms with E-state index in [1.165, 1.54) is 18.8 Å². The summed E-state index contributed by atoms with van der Waals surface area (Å²) in [5.41, 5.74) is 7.40. The lowest BCUT2D eigenvalue weighted by Gasteiger charge is -2.13. The summed E-state index contributed by atoms with van der Waals surface area (Å²) in [4.78, 5) is 36.5. The van der Waals surface area contributed by atoms with Gasteiger partial charge >= 0.3 is 5.69 Å². The summed E-state index contributed by atoms with van der Waals surface area (Å²) in [7, 11) is 2.98. The number of rotatable bonds is 5. The number of benzene rings is 2. The zero-order valence-electron chi connectivity index (χ0n) is 16.6. The maximum atomic E-state index is 12.9. The third-order valence-corrected chi connectivity index (χ3v) is 4.67. The molecule has 0 saturated heterocycles.